The number of halogens is 3. The van der Waals surface area contributed by atoms with Crippen molar-refractivity contribution >= 4 is 40.5 Å². The van der Waals surface area contributed by atoms with Crippen LogP contribution in [0.2, 0.25) is 0 Å². The summed E-state index contributed by atoms with van der Waals surface area (Å²) in [5, 5.41) is 2.12. The molecular weight excluding hydrogens is 407 g/mol. The molecule has 2 aromatic carbocycles. The van der Waals surface area contributed by atoms with Gasteiger partial charge in [-0.3, -0.25) is 9.59 Å². The first-order valence-corrected chi connectivity index (χ1v) is 9.00. The standard InChI is InChI=1S/C19H14F3N3O3S/c20-19(21,22)12-4-2-5-13(9-12)24-17-15(29-18(27)25-17)8-11-3-1-6-14(7-11)28-10-16(23)26/h1-9H,10H2,(H2,23,26)(H,24,25,27)/b15-8-. The van der Waals surface area contributed by atoms with Crippen molar-refractivity contribution < 1.29 is 27.5 Å². The molecule has 29 heavy (non-hydrogen) atoms. The van der Waals surface area contributed by atoms with Crippen LogP contribution in [0, 0.1) is 0 Å². The number of amidine groups is 1. The highest BCUT2D eigenvalue weighted by Crippen LogP contribution is 2.33. The van der Waals surface area contributed by atoms with Crippen LogP contribution in [0.5, 0.6) is 5.75 Å². The molecule has 6 nitrogen and oxygen atoms in total. The number of nitrogens with two attached hydrogens (primary N) is 1. The molecular formula is C19H14F3N3O3S. The van der Waals surface area contributed by atoms with Gasteiger partial charge in [0.05, 0.1) is 16.2 Å². The highest BCUT2D eigenvalue weighted by Gasteiger charge is 2.30. The van der Waals surface area contributed by atoms with E-state index >= 15 is 0 Å². The maximum Gasteiger partial charge on any atom is 0.416 e. The van der Waals surface area contributed by atoms with E-state index in [2.05, 4.69) is 10.3 Å². The number of alkyl halides is 3. The minimum absolute atomic E-state index is 0.0575. The SMILES string of the molecule is NC(=O)COc1cccc(/C=C2\SC(=O)NC2=Nc2cccc(C(F)(F)F)c2)c1. The Morgan fingerprint density at radius 2 is 1.97 bits per heavy atom. The maximum atomic E-state index is 12.9. The number of aliphatic imine (C=N–C) groups is 1. The Labute approximate surface area is 167 Å². The first kappa shape index (κ1) is 20.5. The van der Waals surface area contributed by atoms with Gasteiger partial charge in [-0.25, -0.2) is 4.99 Å². The molecule has 0 radical (unpaired) electrons. The van der Waals surface area contributed by atoms with Gasteiger partial charge in [0.1, 0.15) is 11.6 Å². The van der Waals surface area contributed by atoms with Gasteiger partial charge in [0.15, 0.2) is 6.61 Å². The van der Waals surface area contributed by atoms with Crippen LogP contribution in [0.1, 0.15) is 11.1 Å². The zero-order valence-corrected chi connectivity index (χ0v) is 15.5. The normalized spacial score (nSPS) is 16.9. The summed E-state index contributed by atoms with van der Waals surface area (Å²) in [7, 11) is 0. The summed E-state index contributed by atoms with van der Waals surface area (Å²) >= 11 is 0.865. The van der Waals surface area contributed by atoms with Crippen molar-refractivity contribution in [2.45, 2.75) is 6.18 Å². The molecule has 1 aliphatic rings. The van der Waals surface area contributed by atoms with Crippen LogP contribution >= 0.6 is 11.8 Å². The van der Waals surface area contributed by atoms with Crippen LogP contribution in [0.4, 0.5) is 23.7 Å². The number of hydrogen-bond acceptors (Lipinski definition) is 5. The van der Waals surface area contributed by atoms with Crippen molar-refractivity contribution in [3.05, 3.63) is 64.6 Å². The van der Waals surface area contributed by atoms with Crippen LogP contribution in [-0.2, 0) is 11.0 Å². The largest absolute Gasteiger partial charge is 0.484 e. The van der Waals surface area contributed by atoms with Crippen LogP contribution in [0.15, 0.2) is 58.4 Å². The number of benzene rings is 2. The van der Waals surface area contributed by atoms with Crippen molar-refractivity contribution in [3.8, 4) is 5.75 Å². The molecule has 1 saturated heterocycles. The molecule has 150 valence electrons. The molecule has 1 aliphatic heterocycles. The number of primary amides is 1. The van der Waals surface area contributed by atoms with Crippen molar-refractivity contribution in [2.75, 3.05) is 6.61 Å². The smallest absolute Gasteiger partial charge is 0.416 e. The number of hydrogen-bond donors (Lipinski definition) is 2. The van der Waals surface area contributed by atoms with Crippen molar-refractivity contribution in [1.29, 1.82) is 0 Å². The summed E-state index contributed by atoms with van der Waals surface area (Å²) in [6.07, 6.45) is -2.86. The molecule has 1 heterocycles. The lowest BCUT2D eigenvalue weighted by molar-refractivity contribution is -0.137. The van der Waals surface area contributed by atoms with Gasteiger partial charge in [0.2, 0.25) is 0 Å². The molecule has 0 spiro atoms. The average molecular weight is 421 g/mol. The zero-order valence-electron chi connectivity index (χ0n) is 14.7. The summed E-state index contributed by atoms with van der Waals surface area (Å²) in [6, 6.07) is 11.2. The maximum absolute atomic E-state index is 12.9. The molecule has 2 aromatic rings. The Kier molecular flexibility index (Phi) is 5.92. The number of carbonyl (C=O) groups excluding carboxylic acids is 2. The van der Waals surface area contributed by atoms with E-state index in [1.54, 1.807) is 30.3 Å². The van der Waals surface area contributed by atoms with Crippen molar-refractivity contribution in [2.24, 2.45) is 10.7 Å². The molecule has 10 heteroatoms. The van der Waals surface area contributed by atoms with Gasteiger partial charge in [-0.05, 0) is 53.7 Å². The second kappa shape index (κ2) is 8.39. The minimum Gasteiger partial charge on any atom is -0.484 e. The summed E-state index contributed by atoms with van der Waals surface area (Å²) in [6.45, 7) is -0.281. The lowest BCUT2D eigenvalue weighted by atomic mass is 10.2. The summed E-state index contributed by atoms with van der Waals surface area (Å²) in [4.78, 5) is 27.2. The fourth-order valence-electron chi connectivity index (χ4n) is 2.39. The van der Waals surface area contributed by atoms with E-state index in [0.29, 0.717) is 16.2 Å². The third kappa shape index (κ3) is 5.61. The molecule has 1 fully saturated rings. The van der Waals surface area contributed by atoms with E-state index < -0.39 is 22.9 Å². The van der Waals surface area contributed by atoms with Gasteiger partial charge in [0.25, 0.3) is 11.1 Å². The van der Waals surface area contributed by atoms with E-state index in [1.807, 2.05) is 0 Å². The Balaban J connectivity index is 1.89. The highest BCUT2D eigenvalue weighted by atomic mass is 32.2. The second-order valence-electron chi connectivity index (χ2n) is 5.86. The predicted octanol–water partition coefficient (Wildman–Crippen LogP) is 4.10. The number of amides is 2. The highest BCUT2D eigenvalue weighted by molar-refractivity contribution is 8.18. The molecule has 2 amide bonds. The van der Waals surface area contributed by atoms with Crippen molar-refractivity contribution in [3.63, 3.8) is 0 Å². The zero-order chi connectivity index (χ0) is 21.0. The summed E-state index contributed by atoms with van der Waals surface area (Å²) in [5.74, 6) is -0.0787. The van der Waals surface area contributed by atoms with E-state index in [-0.39, 0.29) is 18.1 Å². The lowest BCUT2D eigenvalue weighted by Gasteiger charge is -2.07. The van der Waals surface area contributed by atoms with Crippen LogP contribution in [0.3, 0.4) is 0 Å². The topological polar surface area (TPSA) is 93.8 Å². The molecule has 0 aromatic heterocycles. The fraction of sp³-hybridized carbons (Fsp3) is 0.105. The molecule has 0 aliphatic carbocycles. The Morgan fingerprint density at radius 3 is 2.69 bits per heavy atom. The van der Waals surface area contributed by atoms with Gasteiger partial charge in [-0.1, -0.05) is 18.2 Å². The van der Waals surface area contributed by atoms with Gasteiger partial charge < -0.3 is 15.8 Å². The minimum atomic E-state index is -4.49. The third-order valence-electron chi connectivity index (χ3n) is 3.61. The lowest BCUT2D eigenvalue weighted by Crippen LogP contribution is -2.20. The van der Waals surface area contributed by atoms with E-state index in [1.165, 1.54) is 12.1 Å². The average Bonchev–Trinajstić information content (AvgIpc) is 2.98. The molecule has 3 N–H and O–H groups in total. The predicted molar refractivity (Wildman–Crippen MR) is 104 cm³/mol. The number of ether oxygens (including phenoxy) is 1. The quantitative estimate of drug-likeness (QED) is 0.760. The first-order valence-electron chi connectivity index (χ1n) is 8.19. The summed E-state index contributed by atoms with van der Waals surface area (Å²) in [5.41, 5.74) is 4.91. The molecule has 3 rings (SSSR count). The van der Waals surface area contributed by atoms with Crippen molar-refractivity contribution in [1.82, 2.24) is 5.32 Å². The molecule has 0 unspecified atom stereocenters. The molecule has 0 bridgehead atoms. The Morgan fingerprint density at radius 1 is 1.21 bits per heavy atom. The van der Waals surface area contributed by atoms with Gasteiger partial charge in [-0.2, -0.15) is 13.2 Å². The fourth-order valence-corrected chi connectivity index (χ4v) is 3.13. The number of nitrogens with zero attached hydrogens (tertiary/aromatic N) is 1. The summed E-state index contributed by atoms with van der Waals surface area (Å²) < 4.78 is 43.9. The number of rotatable bonds is 5. The molecule has 0 saturated carbocycles. The Bertz CT molecular complexity index is 1020. The van der Waals surface area contributed by atoms with Crippen LogP contribution in [0.25, 0.3) is 6.08 Å². The van der Waals surface area contributed by atoms with Gasteiger partial charge in [-0.15, -0.1) is 0 Å². The number of nitrogens with one attached hydrogen (secondary N) is 1. The molecule has 0 atom stereocenters. The Hall–Kier alpha value is -3.27. The van der Waals surface area contributed by atoms with E-state index in [0.717, 1.165) is 23.9 Å². The van der Waals surface area contributed by atoms with Gasteiger partial charge in [0, 0.05) is 0 Å². The second-order valence-corrected chi connectivity index (χ2v) is 6.87. The van der Waals surface area contributed by atoms with Gasteiger partial charge >= 0.3 is 6.18 Å². The van der Waals surface area contributed by atoms with E-state index in [4.69, 9.17) is 10.5 Å². The van der Waals surface area contributed by atoms with Crippen LogP contribution in [-0.4, -0.2) is 23.6 Å². The first-order chi connectivity index (χ1) is 13.7. The third-order valence-corrected chi connectivity index (χ3v) is 4.43. The monoisotopic (exact) mass is 421 g/mol. The van der Waals surface area contributed by atoms with Crippen LogP contribution < -0.4 is 15.8 Å². The van der Waals surface area contributed by atoms with E-state index in [9.17, 15) is 22.8 Å². The number of carbonyl (C=O) groups is 2. The number of thioether (sulfide) groups is 1.